The predicted molar refractivity (Wildman–Crippen MR) is 79.1 cm³/mol. The average molecular weight is 256 g/mol. The van der Waals surface area contributed by atoms with Crippen molar-refractivity contribution < 1.29 is 0 Å². The molecular formula is C17H24N2. The van der Waals surface area contributed by atoms with Gasteiger partial charge < -0.3 is 0 Å². The van der Waals surface area contributed by atoms with Gasteiger partial charge in [0, 0.05) is 6.54 Å². The highest BCUT2D eigenvalue weighted by molar-refractivity contribution is 5.34. The van der Waals surface area contributed by atoms with Gasteiger partial charge in [0.2, 0.25) is 0 Å². The van der Waals surface area contributed by atoms with Crippen LogP contribution in [-0.2, 0) is 19.3 Å². The third kappa shape index (κ3) is 3.36. The maximum absolute atomic E-state index is 9.13. The molecule has 1 aromatic rings. The zero-order valence-corrected chi connectivity index (χ0v) is 12.4. The normalized spacial score (nSPS) is 15.1. The first-order valence-corrected chi connectivity index (χ1v) is 7.26. The topological polar surface area (TPSA) is 27.0 Å². The second kappa shape index (κ2) is 5.75. The monoisotopic (exact) mass is 256 g/mol. The van der Waals surface area contributed by atoms with E-state index in [9.17, 15) is 0 Å². The van der Waals surface area contributed by atoms with E-state index in [-0.39, 0.29) is 5.54 Å². The van der Waals surface area contributed by atoms with E-state index < -0.39 is 0 Å². The summed E-state index contributed by atoms with van der Waals surface area (Å²) < 4.78 is 0. The molecule has 0 aromatic heterocycles. The first kappa shape index (κ1) is 14.1. The largest absolute Gasteiger partial charge is 0.289 e. The number of nitrogens with zero attached hydrogens (tertiary/aromatic N) is 2. The van der Waals surface area contributed by atoms with Gasteiger partial charge in [-0.05, 0) is 69.7 Å². The van der Waals surface area contributed by atoms with Crippen LogP contribution in [0.1, 0.15) is 43.4 Å². The van der Waals surface area contributed by atoms with Gasteiger partial charge in [0.25, 0.3) is 0 Å². The molecule has 2 nitrogen and oxygen atoms in total. The summed E-state index contributed by atoms with van der Waals surface area (Å²) in [6.07, 6.45) is 6.18. The highest BCUT2D eigenvalue weighted by Crippen LogP contribution is 2.22. The van der Waals surface area contributed by atoms with Crippen molar-refractivity contribution >= 4 is 0 Å². The molecule has 0 saturated heterocycles. The van der Waals surface area contributed by atoms with Gasteiger partial charge in [-0.1, -0.05) is 18.2 Å². The third-order valence-corrected chi connectivity index (χ3v) is 4.38. The van der Waals surface area contributed by atoms with Gasteiger partial charge >= 0.3 is 0 Å². The summed E-state index contributed by atoms with van der Waals surface area (Å²) in [6, 6.07) is 9.30. The Morgan fingerprint density at radius 3 is 2.58 bits per heavy atom. The minimum absolute atomic E-state index is 0.381. The van der Waals surface area contributed by atoms with Gasteiger partial charge in [-0.15, -0.1) is 0 Å². The summed E-state index contributed by atoms with van der Waals surface area (Å²) >= 11 is 0. The van der Waals surface area contributed by atoms with Crippen molar-refractivity contribution in [1.82, 2.24) is 4.90 Å². The van der Waals surface area contributed by atoms with E-state index in [1.165, 1.54) is 31.2 Å². The molecule has 0 unspecified atom stereocenters. The van der Waals surface area contributed by atoms with Crippen molar-refractivity contribution in [2.75, 3.05) is 13.6 Å². The van der Waals surface area contributed by atoms with E-state index in [0.29, 0.717) is 0 Å². The van der Waals surface area contributed by atoms with E-state index in [4.69, 9.17) is 5.26 Å². The van der Waals surface area contributed by atoms with Crippen molar-refractivity contribution in [2.24, 2.45) is 0 Å². The summed E-state index contributed by atoms with van der Waals surface area (Å²) in [6.45, 7) is 4.87. The summed E-state index contributed by atoms with van der Waals surface area (Å²) in [5.74, 6) is 0. The fraction of sp³-hybridized carbons (Fsp3) is 0.588. The lowest BCUT2D eigenvalue weighted by Crippen LogP contribution is -2.40. The van der Waals surface area contributed by atoms with Gasteiger partial charge in [0.15, 0.2) is 0 Å². The Bertz CT molecular complexity index is 483. The molecule has 0 amide bonds. The molecule has 0 saturated carbocycles. The zero-order chi connectivity index (χ0) is 13.9. The third-order valence-electron chi connectivity index (χ3n) is 4.38. The quantitative estimate of drug-likeness (QED) is 0.826. The second-order valence-corrected chi connectivity index (χ2v) is 6.15. The Kier molecular flexibility index (Phi) is 4.27. The highest BCUT2D eigenvalue weighted by Gasteiger charge is 2.22. The Morgan fingerprint density at radius 1 is 1.21 bits per heavy atom. The van der Waals surface area contributed by atoms with Crippen LogP contribution in [0.5, 0.6) is 0 Å². The van der Waals surface area contributed by atoms with Gasteiger partial charge in [-0.25, -0.2) is 0 Å². The van der Waals surface area contributed by atoms with Crippen molar-refractivity contribution in [1.29, 1.82) is 5.26 Å². The summed E-state index contributed by atoms with van der Waals surface area (Å²) in [5.41, 5.74) is 4.11. The maximum atomic E-state index is 9.13. The minimum atomic E-state index is -0.381. The zero-order valence-electron chi connectivity index (χ0n) is 12.4. The van der Waals surface area contributed by atoms with Crippen LogP contribution in [0.3, 0.4) is 0 Å². The Balaban J connectivity index is 1.99. The van der Waals surface area contributed by atoms with Crippen LogP contribution in [0.4, 0.5) is 0 Å². The molecule has 102 valence electrons. The molecule has 0 spiro atoms. The molecule has 1 aromatic carbocycles. The number of fused-ring (bicyclic) bond motifs is 1. The lowest BCUT2D eigenvalue weighted by molar-refractivity contribution is 0.214. The predicted octanol–water partition coefficient (Wildman–Crippen LogP) is 3.34. The van der Waals surface area contributed by atoms with E-state index in [2.05, 4.69) is 29.2 Å². The lowest BCUT2D eigenvalue weighted by Gasteiger charge is -2.29. The van der Waals surface area contributed by atoms with E-state index >= 15 is 0 Å². The maximum Gasteiger partial charge on any atom is 0.103 e. The van der Waals surface area contributed by atoms with Crippen LogP contribution in [0.25, 0.3) is 0 Å². The van der Waals surface area contributed by atoms with Crippen LogP contribution in [0, 0.1) is 11.3 Å². The molecule has 0 heterocycles. The highest BCUT2D eigenvalue weighted by atomic mass is 15.2. The van der Waals surface area contributed by atoms with Gasteiger partial charge in [-0.3, -0.25) is 4.90 Å². The van der Waals surface area contributed by atoms with Crippen LogP contribution in [0.15, 0.2) is 18.2 Å². The molecule has 2 rings (SSSR count). The number of hydrogen-bond acceptors (Lipinski definition) is 2. The van der Waals surface area contributed by atoms with Crippen molar-refractivity contribution in [3.63, 3.8) is 0 Å². The molecule has 0 bridgehead atoms. The van der Waals surface area contributed by atoms with Gasteiger partial charge in [-0.2, -0.15) is 5.26 Å². The van der Waals surface area contributed by atoms with Crippen molar-refractivity contribution in [2.45, 2.75) is 51.5 Å². The fourth-order valence-corrected chi connectivity index (χ4v) is 2.60. The van der Waals surface area contributed by atoms with E-state index in [1.54, 1.807) is 11.1 Å². The van der Waals surface area contributed by atoms with Crippen LogP contribution >= 0.6 is 0 Å². The SMILES string of the molecule is CN(CCc1ccc2c(c1)CCCC2)C(C)(C)C#N. The lowest BCUT2D eigenvalue weighted by atomic mass is 9.90. The summed E-state index contributed by atoms with van der Waals surface area (Å²) in [7, 11) is 2.03. The number of nitriles is 1. The molecular weight excluding hydrogens is 232 g/mol. The van der Waals surface area contributed by atoms with E-state index in [0.717, 1.165) is 13.0 Å². The molecule has 0 atom stereocenters. The molecule has 0 N–H and O–H groups in total. The summed E-state index contributed by atoms with van der Waals surface area (Å²) in [5, 5.41) is 9.13. The standard InChI is InChI=1S/C17H24N2/c1-17(2,13-18)19(3)11-10-14-8-9-15-6-4-5-7-16(15)12-14/h8-9,12H,4-7,10-11H2,1-3H3. The number of likely N-dealkylation sites (N-methyl/N-ethyl adjacent to an activating group) is 1. The molecule has 0 radical (unpaired) electrons. The first-order valence-electron chi connectivity index (χ1n) is 7.26. The summed E-state index contributed by atoms with van der Waals surface area (Å²) in [4.78, 5) is 2.13. The average Bonchev–Trinajstić information content (AvgIpc) is 2.44. The Morgan fingerprint density at radius 2 is 1.89 bits per heavy atom. The van der Waals surface area contributed by atoms with E-state index in [1.807, 2.05) is 20.9 Å². The Hall–Kier alpha value is -1.33. The van der Waals surface area contributed by atoms with Crippen LogP contribution in [-0.4, -0.2) is 24.0 Å². The molecule has 19 heavy (non-hydrogen) atoms. The number of aryl methyl sites for hydroxylation is 2. The smallest absolute Gasteiger partial charge is 0.103 e. The number of hydrogen-bond donors (Lipinski definition) is 0. The van der Waals surface area contributed by atoms with Crippen molar-refractivity contribution in [3.05, 3.63) is 34.9 Å². The fourth-order valence-electron chi connectivity index (χ4n) is 2.60. The van der Waals surface area contributed by atoms with Gasteiger partial charge in [0.1, 0.15) is 5.54 Å². The molecule has 0 aliphatic heterocycles. The van der Waals surface area contributed by atoms with Crippen LogP contribution < -0.4 is 0 Å². The Labute approximate surface area is 117 Å². The molecule has 2 heteroatoms. The van der Waals surface area contributed by atoms with Crippen molar-refractivity contribution in [3.8, 4) is 6.07 Å². The minimum Gasteiger partial charge on any atom is -0.289 e. The first-order chi connectivity index (χ1) is 9.03. The van der Waals surface area contributed by atoms with Gasteiger partial charge in [0.05, 0.1) is 6.07 Å². The molecule has 1 aliphatic rings. The molecule has 0 fully saturated rings. The second-order valence-electron chi connectivity index (χ2n) is 6.15. The molecule has 1 aliphatic carbocycles. The number of rotatable bonds is 4. The number of benzene rings is 1. The van der Waals surface area contributed by atoms with Crippen LogP contribution in [0.2, 0.25) is 0 Å².